The van der Waals surface area contributed by atoms with E-state index in [2.05, 4.69) is 22.9 Å². The molecule has 0 saturated heterocycles. The number of unbranched alkanes of at least 4 members (excludes halogenated alkanes) is 24. The van der Waals surface area contributed by atoms with Gasteiger partial charge in [0.05, 0.1) is 28.9 Å². The summed E-state index contributed by atoms with van der Waals surface area (Å²) in [5.41, 5.74) is 0. The number of hydrogen-bond acceptors (Lipinski definition) is 8. The van der Waals surface area contributed by atoms with Gasteiger partial charge in [-0.25, -0.2) is 0 Å². The fourth-order valence-corrected chi connectivity index (χ4v) is 5.30. The van der Waals surface area contributed by atoms with Crippen LogP contribution in [0.25, 0.3) is 0 Å². The van der Waals surface area contributed by atoms with Crippen LogP contribution in [0.1, 0.15) is 181 Å². The molecule has 0 heterocycles. The molecule has 244 valence electrons. The standard InChI is InChI=1S/C18H39O4P.C12H27O4P.Ca.Zn/c1-2-3-4-5-6-7-8-9-10-11-12-13-14-15-16-17-18-22-23(19,20)21;1-2-3-4-5-6-7-8-9-10-11-12-16-17(13,14)15;;/h2-18H2,1H3,(H2,19,20,21);2-12H2,1H3,(H2,13,14,15);;/q;;2*+2/p-4. The van der Waals surface area contributed by atoms with Crippen molar-refractivity contribution in [3.63, 3.8) is 0 Å². The second kappa shape index (κ2) is 39.3. The van der Waals surface area contributed by atoms with Gasteiger partial charge in [0.25, 0.3) is 0 Å². The van der Waals surface area contributed by atoms with Crippen LogP contribution in [0.4, 0.5) is 0 Å². The number of hydrogen-bond donors (Lipinski definition) is 0. The fraction of sp³-hybridized carbons (Fsp3) is 1.00. The van der Waals surface area contributed by atoms with Gasteiger partial charge in [-0.1, -0.05) is 168 Å². The smallest absolute Gasteiger partial charge is 0.790 e. The van der Waals surface area contributed by atoms with Gasteiger partial charge in [0.2, 0.25) is 0 Å². The molecule has 0 fully saturated rings. The third-order valence-electron chi connectivity index (χ3n) is 6.99. The maximum atomic E-state index is 10.2. The minimum Gasteiger partial charge on any atom is -0.790 e. The van der Waals surface area contributed by atoms with Gasteiger partial charge in [-0.05, 0) is 12.8 Å². The van der Waals surface area contributed by atoms with Gasteiger partial charge in [0.15, 0.2) is 0 Å². The van der Waals surface area contributed by atoms with E-state index in [-0.39, 0.29) is 70.4 Å². The molecule has 0 saturated carbocycles. The Morgan fingerprint density at radius 3 is 0.714 bits per heavy atom. The average Bonchev–Trinajstić information content (AvgIpc) is 2.88. The number of rotatable bonds is 30. The average molecular weight is 718 g/mol. The Morgan fingerprint density at radius 1 is 0.381 bits per heavy atom. The molecular formula is C30H62CaO8P2Zn. The molecule has 0 atom stereocenters. The Labute approximate surface area is 302 Å². The normalized spacial score (nSPS) is 11.4. The third-order valence-corrected chi connectivity index (χ3v) is 7.99. The molecule has 0 spiro atoms. The van der Waals surface area contributed by atoms with Crippen LogP contribution < -0.4 is 19.6 Å². The molecular weight excluding hydrogens is 656 g/mol. The van der Waals surface area contributed by atoms with Gasteiger partial charge in [0, 0.05) is 0 Å². The Bertz CT molecular complexity index is 594. The topological polar surface area (TPSA) is 145 Å². The van der Waals surface area contributed by atoms with Crippen molar-refractivity contribution < 1.29 is 57.2 Å². The number of phosphoric ester groups is 2. The second-order valence-corrected chi connectivity index (χ2v) is 13.4. The molecule has 0 rings (SSSR count). The SMILES string of the molecule is CCCCCCCCCCCCCCCCCCOP(=O)([O-])[O-].CCCCCCCCCCCCOP(=O)([O-])[O-].[Ca+2].[Zn+2]. The van der Waals surface area contributed by atoms with E-state index in [9.17, 15) is 28.7 Å². The van der Waals surface area contributed by atoms with Crippen molar-refractivity contribution >= 4 is 53.4 Å². The molecule has 0 aromatic carbocycles. The minimum absolute atomic E-state index is 0. The first-order valence-corrected chi connectivity index (χ1v) is 19.4. The molecule has 0 radical (unpaired) electrons. The Hall–Kier alpha value is 2.10. The molecule has 0 aromatic heterocycles. The molecule has 0 unspecified atom stereocenters. The maximum absolute atomic E-state index is 10.2. The van der Waals surface area contributed by atoms with Crippen LogP contribution >= 0.6 is 15.6 Å². The Balaban J connectivity index is -0.000000342. The van der Waals surface area contributed by atoms with Crippen LogP contribution in [-0.4, -0.2) is 51.0 Å². The van der Waals surface area contributed by atoms with Crippen LogP contribution in [0.3, 0.4) is 0 Å². The van der Waals surface area contributed by atoms with Crippen molar-refractivity contribution in [2.45, 2.75) is 181 Å². The van der Waals surface area contributed by atoms with Crippen molar-refractivity contribution in [2.75, 3.05) is 13.2 Å². The first kappa shape index (κ1) is 50.9. The van der Waals surface area contributed by atoms with Crippen LogP contribution in [0.15, 0.2) is 0 Å². The van der Waals surface area contributed by atoms with E-state index in [1.165, 1.54) is 128 Å². The zero-order chi connectivity index (χ0) is 30.2. The molecule has 8 nitrogen and oxygen atoms in total. The van der Waals surface area contributed by atoms with E-state index >= 15 is 0 Å². The van der Waals surface area contributed by atoms with Gasteiger partial charge in [-0.15, -0.1) is 0 Å². The summed E-state index contributed by atoms with van der Waals surface area (Å²) in [6, 6.07) is 0. The van der Waals surface area contributed by atoms with E-state index in [0.717, 1.165) is 25.7 Å². The predicted molar refractivity (Wildman–Crippen MR) is 164 cm³/mol. The molecule has 0 bridgehead atoms. The molecule has 12 heteroatoms. The van der Waals surface area contributed by atoms with Crippen LogP contribution in [0, 0.1) is 0 Å². The van der Waals surface area contributed by atoms with Crippen molar-refractivity contribution in [3.05, 3.63) is 0 Å². The molecule has 0 aliphatic rings. The van der Waals surface area contributed by atoms with Gasteiger partial charge in [0.1, 0.15) is 0 Å². The van der Waals surface area contributed by atoms with E-state index in [1.807, 2.05) is 0 Å². The summed E-state index contributed by atoms with van der Waals surface area (Å²) in [6.07, 6.45) is 32.1. The van der Waals surface area contributed by atoms with Gasteiger partial charge in [-0.2, -0.15) is 0 Å². The first-order valence-electron chi connectivity index (χ1n) is 16.5. The van der Waals surface area contributed by atoms with E-state index in [4.69, 9.17) is 0 Å². The Kier molecular flexibility index (Phi) is 47.7. The summed E-state index contributed by atoms with van der Waals surface area (Å²) in [5.74, 6) is 0. The zero-order valence-corrected chi connectivity index (χ0v) is 34.3. The van der Waals surface area contributed by atoms with Crippen molar-refractivity contribution in [2.24, 2.45) is 0 Å². The quantitative estimate of drug-likeness (QED) is 0.0423. The zero-order valence-electron chi connectivity index (χ0n) is 27.4. The molecule has 0 amide bonds. The van der Waals surface area contributed by atoms with Gasteiger partial charge < -0.3 is 37.8 Å². The maximum Gasteiger partial charge on any atom is 2.00 e. The van der Waals surface area contributed by atoms with Crippen LogP contribution in [0.5, 0.6) is 0 Å². The van der Waals surface area contributed by atoms with Gasteiger partial charge in [-0.3, -0.25) is 0 Å². The van der Waals surface area contributed by atoms with Gasteiger partial charge >= 0.3 is 57.2 Å². The molecule has 0 aliphatic carbocycles. The summed E-state index contributed by atoms with van der Waals surface area (Å²) >= 11 is 0. The Morgan fingerprint density at radius 2 is 0.548 bits per heavy atom. The third kappa shape index (κ3) is 54.6. The van der Waals surface area contributed by atoms with E-state index < -0.39 is 15.6 Å². The van der Waals surface area contributed by atoms with Crippen molar-refractivity contribution in [3.8, 4) is 0 Å². The monoisotopic (exact) mass is 716 g/mol. The minimum atomic E-state index is -4.76. The summed E-state index contributed by atoms with van der Waals surface area (Å²) < 4.78 is 28.7. The largest absolute Gasteiger partial charge is 2.00 e. The summed E-state index contributed by atoms with van der Waals surface area (Å²) in [7, 11) is -9.50. The van der Waals surface area contributed by atoms with Crippen LogP contribution in [0.2, 0.25) is 0 Å². The first-order chi connectivity index (χ1) is 19.1. The summed E-state index contributed by atoms with van der Waals surface area (Å²) in [4.78, 5) is 40.8. The summed E-state index contributed by atoms with van der Waals surface area (Å²) in [5, 5.41) is 0. The molecule has 0 N–H and O–H groups in total. The molecule has 0 aliphatic heterocycles. The van der Waals surface area contributed by atoms with E-state index in [0.29, 0.717) is 12.8 Å². The molecule has 0 aromatic rings. The second-order valence-electron chi connectivity index (χ2n) is 11.0. The van der Waals surface area contributed by atoms with Crippen molar-refractivity contribution in [1.82, 2.24) is 0 Å². The summed E-state index contributed by atoms with van der Waals surface area (Å²) in [6.45, 7) is 4.56. The van der Waals surface area contributed by atoms with Crippen LogP contribution in [-0.2, 0) is 37.7 Å². The fourth-order valence-electron chi connectivity index (χ4n) is 4.59. The predicted octanol–water partition coefficient (Wildman–Crippen LogP) is 7.46. The van der Waals surface area contributed by atoms with E-state index in [1.54, 1.807) is 0 Å². The van der Waals surface area contributed by atoms with Crippen molar-refractivity contribution in [1.29, 1.82) is 0 Å². The molecule has 42 heavy (non-hydrogen) atoms. The number of phosphoric acid groups is 2.